The van der Waals surface area contributed by atoms with Gasteiger partial charge in [0.15, 0.2) is 0 Å². The molecule has 2 aromatic carbocycles. The number of carboxylic acids is 1. The number of halogens is 4. The Morgan fingerprint density at radius 3 is 2.22 bits per heavy atom. The van der Waals surface area contributed by atoms with Crippen LogP contribution in [0.2, 0.25) is 0 Å². The van der Waals surface area contributed by atoms with E-state index in [-0.39, 0.29) is 0 Å². The fourth-order valence-corrected chi connectivity index (χ4v) is 8.21. The molecule has 3 saturated heterocycles. The summed E-state index contributed by atoms with van der Waals surface area (Å²) < 4.78 is 46.6. The number of aryl methyl sites for hydroxylation is 2. The molecule has 0 aliphatic carbocycles. The van der Waals surface area contributed by atoms with Crippen LogP contribution in [0.4, 0.5) is 42.0 Å². The minimum absolute atomic E-state index is 0.441. The topological polar surface area (TPSA) is 145 Å². The summed E-state index contributed by atoms with van der Waals surface area (Å²) >= 11 is 3.65. The van der Waals surface area contributed by atoms with E-state index < -0.39 is 20.3 Å². The van der Waals surface area contributed by atoms with Gasteiger partial charge in [0.2, 0.25) is 5.95 Å². The molecule has 2 aromatic heterocycles. The summed E-state index contributed by atoms with van der Waals surface area (Å²) in [6.45, 7) is 17.1. The summed E-state index contributed by atoms with van der Waals surface area (Å²) in [6, 6.07) is 9.84. The van der Waals surface area contributed by atoms with Crippen molar-refractivity contribution < 1.29 is 32.3 Å². The summed E-state index contributed by atoms with van der Waals surface area (Å²) in [4.78, 5) is 26.3. The zero-order chi connectivity index (χ0) is 41.7. The molecule has 14 nitrogen and oxygen atoms in total. The summed E-state index contributed by atoms with van der Waals surface area (Å²) in [5, 5.41) is 22.0. The highest BCUT2D eigenvalue weighted by molar-refractivity contribution is 9.10. The lowest BCUT2D eigenvalue weighted by Gasteiger charge is -2.46. The monoisotopic (exact) mass is 890 g/mol. The van der Waals surface area contributed by atoms with Gasteiger partial charge in [-0.15, -0.1) is 0 Å². The Kier molecular flexibility index (Phi) is 14.0. The van der Waals surface area contributed by atoms with E-state index in [1.54, 1.807) is 13.3 Å². The molecular formula is C39H51BrF3N10O4P. The van der Waals surface area contributed by atoms with E-state index in [4.69, 9.17) is 24.1 Å². The quantitative estimate of drug-likeness (QED) is 0.115. The number of ether oxygens (including phenoxy) is 1. The molecule has 19 heteroatoms. The smallest absolute Gasteiger partial charge is 0.490 e. The van der Waals surface area contributed by atoms with Gasteiger partial charge in [0, 0.05) is 107 Å². The third kappa shape index (κ3) is 10.5. The van der Waals surface area contributed by atoms with Crippen molar-refractivity contribution >= 4 is 58.9 Å². The summed E-state index contributed by atoms with van der Waals surface area (Å²) in [7, 11) is 3.06. The maximum absolute atomic E-state index is 10.6. The molecule has 4 N–H and O–H groups in total. The maximum atomic E-state index is 10.6. The molecule has 0 amide bonds. The highest BCUT2D eigenvalue weighted by Crippen LogP contribution is 2.43. The Hall–Kier alpha value is -4.22. The molecule has 58 heavy (non-hydrogen) atoms. The van der Waals surface area contributed by atoms with Gasteiger partial charge in [-0.2, -0.15) is 23.3 Å². The first-order chi connectivity index (χ1) is 27.6. The van der Waals surface area contributed by atoms with Crippen molar-refractivity contribution in [3.63, 3.8) is 0 Å². The molecule has 0 bridgehead atoms. The van der Waals surface area contributed by atoms with E-state index in [1.165, 1.54) is 31.5 Å². The van der Waals surface area contributed by atoms with Gasteiger partial charge in [-0.05, 0) is 79.2 Å². The number of piperidine rings is 1. The Labute approximate surface area is 346 Å². The van der Waals surface area contributed by atoms with Crippen molar-refractivity contribution in [2.24, 2.45) is 7.05 Å². The van der Waals surface area contributed by atoms with Gasteiger partial charge in [-0.3, -0.25) is 14.5 Å². The highest BCUT2D eigenvalue weighted by atomic mass is 79.9. The second kappa shape index (κ2) is 18.8. The largest absolute Gasteiger partial charge is 0.494 e. The molecular weight excluding hydrogens is 840 g/mol. The third-order valence-corrected chi connectivity index (χ3v) is 11.8. The SMILES string of the molecule is COc1cc(N2CCN(C3CCN(C4CNC4)CC3)CC2)c(-c2cnn(C)c2)cc1Nc1ncc(Br)c(Nc2ccc(C)c(C)c2OP(C)C)n1.O=C(O)C(F)(F)F. The van der Waals surface area contributed by atoms with Crippen LogP contribution >= 0.6 is 24.1 Å². The molecule has 0 unspecified atom stereocenters. The van der Waals surface area contributed by atoms with Crippen LogP contribution in [-0.4, -0.2) is 132 Å². The van der Waals surface area contributed by atoms with Crippen molar-refractivity contribution in [2.75, 3.05) is 88.3 Å². The predicted octanol–water partition coefficient (Wildman–Crippen LogP) is 6.98. The summed E-state index contributed by atoms with van der Waals surface area (Å²) in [6.07, 6.45) is 3.19. The number of carbonyl (C=O) groups is 1. The molecule has 5 heterocycles. The van der Waals surface area contributed by atoms with E-state index in [9.17, 15) is 13.2 Å². The van der Waals surface area contributed by atoms with Gasteiger partial charge in [0.1, 0.15) is 17.3 Å². The molecule has 4 aromatic rings. The van der Waals surface area contributed by atoms with Crippen LogP contribution in [0.3, 0.4) is 0 Å². The first-order valence-electron chi connectivity index (χ1n) is 19.1. The average molecular weight is 892 g/mol. The zero-order valence-electron chi connectivity index (χ0n) is 33.5. The summed E-state index contributed by atoms with van der Waals surface area (Å²) in [5.41, 5.74) is 7.20. The van der Waals surface area contributed by atoms with Gasteiger partial charge in [0.05, 0.1) is 37.3 Å². The Morgan fingerprint density at radius 2 is 1.66 bits per heavy atom. The van der Waals surface area contributed by atoms with E-state index in [0.717, 1.165) is 95.0 Å². The standard InChI is InChI=1S/C37H50BrN10O2P.C2HF3O2/c1-24-7-8-31(35(25(24)2)50-51(5)6)42-36-30(38)22-40-37(44-36)43-32-17-29(26-19-41-45(3)23-26)33(18-34(32)49-4)48-15-13-47(14-16-48)27-9-11-46(12-10-27)28-20-39-21-28;3-2(4,5)1(6)7/h7-8,17-19,22-23,27-28,39H,9-16,20-21H2,1-6H3,(H2,40,42,43,44);(H,6,7). The predicted molar refractivity (Wildman–Crippen MR) is 226 cm³/mol. The number of likely N-dealkylation sites (tertiary alicyclic amines) is 1. The first-order valence-corrected chi connectivity index (χ1v) is 22.0. The third-order valence-electron chi connectivity index (χ3n) is 10.7. The fourth-order valence-electron chi connectivity index (χ4n) is 7.32. The number of aromatic nitrogens is 4. The number of hydrogen-bond donors (Lipinski definition) is 4. The first kappa shape index (κ1) is 43.4. The number of rotatable bonds is 11. The van der Waals surface area contributed by atoms with E-state index >= 15 is 0 Å². The van der Waals surface area contributed by atoms with E-state index in [0.29, 0.717) is 17.8 Å². The number of piperazine rings is 1. The fraction of sp³-hybridized carbons (Fsp3) is 0.487. The minimum atomic E-state index is -5.08. The van der Waals surface area contributed by atoms with Gasteiger partial charge in [-0.25, -0.2) is 9.78 Å². The summed E-state index contributed by atoms with van der Waals surface area (Å²) in [5.74, 6) is -0.117. The highest BCUT2D eigenvalue weighted by Gasteiger charge is 2.38. The number of aliphatic carboxylic acids is 1. The number of methoxy groups -OCH3 is 1. The van der Waals surface area contributed by atoms with Crippen LogP contribution in [0.1, 0.15) is 24.0 Å². The van der Waals surface area contributed by atoms with Crippen molar-refractivity contribution in [1.29, 1.82) is 0 Å². The molecule has 3 aliphatic rings. The maximum Gasteiger partial charge on any atom is 0.490 e. The second-order valence-corrected chi connectivity index (χ2v) is 17.5. The molecule has 7 rings (SSSR count). The lowest BCUT2D eigenvalue weighted by Crippen LogP contribution is -2.60. The van der Waals surface area contributed by atoms with E-state index in [1.807, 2.05) is 24.0 Å². The van der Waals surface area contributed by atoms with Crippen molar-refractivity contribution in [1.82, 2.24) is 34.9 Å². The number of nitrogens with zero attached hydrogens (tertiary/aromatic N) is 7. The number of benzene rings is 2. The average Bonchev–Trinajstić information content (AvgIpc) is 3.61. The van der Waals surface area contributed by atoms with Crippen LogP contribution in [0.25, 0.3) is 11.1 Å². The Bertz CT molecular complexity index is 2050. The molecule has 3 aliphatic heterocycles. The lowest BCUT2D eigenvalue weighted by atomic mass is 9.98. The number of hydrogen-bond acceptors (Lipinski definition) is 12. The Morgan fingerprint density at radius 1 is 0.983 bits per heavy atom. The number of alkyl halides is 3. The number of carboxylic acid groups (broad SMARTS) is 1. The number of nitrogens with one attached hydrogen (secondary N) is 3. The van der Waals surface area contributed by atoms with E-state index in [2.05, 4.69) is 108 Å². The minimum Gasteiger partial charge on any atom is -0.494 e. The Balaban J connectivity index is 0.000000743. The number of anilines is 5. The van der Waals surface area contributed by atoms with Crippen molar-refractivity contribution in [3.05, 3.63) is 58.5 Å². The molecule has 3 fully saturated rings. The van der Waals surface area contributed by atoms with Crippen LogP contribution in [-0.2, 0) is 11.8 Å². The second-order valence-electron chi connectivity index (χ2n) is 14.8. The van der Waals surface area contributed by atoms with Crippen LogP contribution in [0.15, 0.2) is 47.3 Å². The molecule has 0 atom stereocenters. The zero-order valence-corrected chi connectivity index (χ0v) is 36.0. The molecule has 0 spiro atoms. The van der Waals surface area contributed by atoms with Gasteiger partial charge < -0.3 is 35.2 Å². The van der Waals surface area contributed by atoms with Crippen molar-refractivity contribution in [3.8, 4) is 22.6 Å². The van der Waals surface area contributed by atoms with Crippen LogP contribution in [0.5, 0.6) is 11.5 Å². The van der Waals surface area contributed by atoms with Gasteiger partial charge in [0.25, 0.3) is 0 Å². The normalized spacial score (nSPS) is 17.1. The lowest BCUT2D eigenvalue weighted by molar-refractivity contribution is -0.192. The molecule has 0 radical (unpaired) electrons. The van der Waals surface area contributed by atoms with Crippen LogP contribution in [0, 0.1) is 13.8 Å². The van der Waals surface area contributed by atoms with Gasteiger partial charge >= 0.3 is 12.1 Å². The molecule has 314 valence electrons. The van der Waals surface area contributed by atoms with Crippen LogP contribution < -0.4 is 30.1 Å². The van der Waals surface area contributed by atoms with Crippen molar-refractivity contribution in [2.45, 2.75) is 44.9 Å². The molecule has 0 saturated carbocycles. The van der Waals surface area contributed by atoms with Gasteiger partial charge in [-0.1, -0.05) is 6.07 Å².